The highest BCUT2D eigenvalue weighted by molar-refractivity contribution is 5.04. The van der Waals surface area contributed by atoms with Crippen LogP contribution < -0.4 is 5.73 Å². The van der Waals surface area contributed by atoms with Crippen LogP contribution in [0.2, 0.25) is 0 Å². The van der Waals surface area contributed by atoms with Crippen molar-refractivity contribution in [3.05, 3.63) is 11.7 Å². The predicted octanol–water partition coefficient (Wildman–Crippen LogP) is 3.04. The summed E-state index contributed by atoms with van der Waals surface area (Å²) in [6.07, 6.45) is 5.91. The predicted molar refractivity (Wildman–Crippen MR) is 81.8 cm³/mol. The van der Waals surface area contributed by atoms with Crippen LogP contribution in [0.1, 0.15) is 64.6 Å². The lowest BCUT2D eigenvalue weighted by Gasteiger charge is -2.36. The molecule has 1 aliphatic carbocycles. The topological polar surface area (TPSA) is 74.2 Å². The molecule has 0 radical (unpaired) electrons. The van der Waals surface area contributed by atoms with Crippen LogP contribution in [0, 0.1) is 11.8 Å². The van der Waals surface area contributed by atoms with Gasteiger partial charge in [0, 0.05) is 19.6 Å². The fourth-order valence-electron chi connectivity index (χ4n) is 3.42. The number of hydrogen-bond acceptors (Lipinski definition) is 5. The minimum atomic E-state index is -0.373. The average molecular weight is 295 g/mol. The summed E-state index contributed by atoms with van der Waals surface area (Å²) in [7, 11) is 1.75. The van der Waals surface area contributed by atoms with Gasteiger partial charge in [-0.15, -0.1) is 0 Å². The number of nitrogens with two attached hydrogens (primary N) is 1. The Morgan fingerprint density at radius 1 is 1.48 bits per heavy atom. The fourth-order valence-corrected chi connectivity index (χ4v) is 3.42. The molecular weight excluding hydrogens is 266 g/mol. The third-order valence-corrected chi connectivity index (χ3v) is 4.43. The van der Waals surface area contributed by atoms with E-state index in [9.17, 15) is 0 Å². The van der Waals surface area contributed by atoms with Crippen LogP contribution in [-0.2, 0) is 16.8 Å². The molecule has 0 amide bonds. The lowest BCUT2D eigenvalue weighted by Crippen LogP contribution is -2.35. The number of nitrogens with zero attached hydrogens (tertiary/aromatic N) is 2. The summed E-state index contributed by atoms with van der Waals surface area (Å²) in [5, 5.41) is 4.18. The van der Waals surface area contributed by atoms with Gasteiger partial charge in [0.2, 0.25) is 11.7 Å². The van der Waals surface area contributed by atoms with Crippen molar-refractivity contribution in [1.82, 2.24) is 10.1 Å². The van der Waals surface area contributed by atoms with E-state index in [1.54, 1.807) is 7.11 Å². The average Bonchev–Trinajstić information content (AvgIpc) is 2.86. The van der Waals surface area contributed by atoms with E-state index in [0.29, 0.717) is 30.0 Å². The summed E-state index contributed by atoms with van der Waals surface area (Å²) in [6.45, 7) is 6.59. The quantitative estimate of drug-likeness (QED) is 0.873. The number of hydrogen-bond donors (Lipinski definition) is 1. The Morgan fingerprint density at radius 2 is 2.24 bits per heavy atom. The molecule has 1 aromatic rings. The molecule has 1 aliphatic rings. The van der Waals surface area contributed by atoms with Gasteiger partial charge >= 0.3 is 0 Å². The van der Waals surface area contributed by atoms with E-state index in [1.165, 1.54) is 6.42 Å². The van der Waals surface area contributed by atoms with E-state index in [-0.39, 0.29) is 11.6 Å². The number of aromatic nitrogens is 2. The molecule has 21 heavy (non-hydrogen) atoms. The summed E-state index contributed by atoms with van der Waals surface area (Å²) < 4.78 is 11.2. The first-order chi connectivity index (χ1) is 9.95. The van der Waals surface area contributed by atoms with E-state index in [1.807, 2.05) is 0 Å². The van der Waals surface area contributed by atoms with Gasteiger partial charge < -0.3 is 15.0 Å². The van der Waals surface area contributed by atoms with Crippen molar-refractivity contribution in [1.29, 1.82) is 0 Å². The Hall–Kier alpha value is -0.940. The Labute approximate surface area is 127 Å². The van der Waals surface area contributed by atoms with Crippen LogP contribution in [0.25, 0.3) is 0 Å². The molecule has 3 unspecified atom stereocenters. The first-order valence-corrected chi connectivity index (χ1v) is 8.09. The van der Waals surface area contributed by atoms with E-state index in [0.717, 1.165) is 25.7 Å². The van der Waals surface area contributed by atoms with Crippen molar-refractivity contribution in [2.24, 2.45) is 17.6 Å². The van der Waals surface area contributed by atoms with Crippen molar-refractivity contribution in [3.8, 4) is 0 Å². The molecule has 0 spiro atoms. The van der Waals surface area contributed by atoms with Crippen LogP contribution in [0.4, 0.5) is 0 Å². The van der Waals surface area contributed by atoms with E-state index >= 15 is 0 Å². The molecule has 1 fully saturated rings. The second-order valence-corrected chi connectivity index (χ2v) is 7.01. The summed E-state index contributed by atoms with van der Waals surface area (Å²) >= 11 is 0. The van der Waals surface area contributed by atoms with Crippen molar-refractivity contribution in [2.45, 2.75) is 70.9 Å². The van der Waals surface area contributed by atoms with Gasteiger partial charge in [0.25, 0.3) is 0 Å². The van der Waals surface area contributed by atoms with Gasteiger partial charge in [0.15, 0.2) is 0 Å². The SMILES string of the molecule is COC1(c2noc(CC(N)CC(C)C)n2)CCCC(C)C1. The van der Waals surface area contributed by atoms with Crippen LogP contribution in [0.5, 0.6) is 0 Å². The molecule has 1 saturated carbocycles. The highest BCUT2D eigenvalue weighted by Crippen LogP contribution is 2.41. The molecule has 0 bridgehead atoms. The van der Waals surface area contributed by atoms with Crippen molar-refractivity contribution in [3.63, 3.8) is 0 Å². The molecule has 2 rings (SSSR count). The van der Waals surface area contributed by atoms with Crippen LogP contribution in [-0.4, -0.2) is 23.3 Å². The Bertz CT molecular complexity index is 446. The van der Waals surface area contributed by atoms with Gasteiger partial charge in [0.1, 0.15) is 5.60 Å². The number of rotatable bonds is 6. The highest BCUT2D eigenvalue weighted by Gasteiger charge is 2.40. The molecule has 0 saturated heterocycles. The van der Waals surface area contributed by atoms with E-state index in [4.69, 9.17) is 15.0 Å². The van der Waals surface area contributed by atoms with E-state index in [2.05, 4.69) is 30.9 Å². The van der Waals surface area contributed by atoms with Gasteiger partial charge in [-0.25, -0.2) is 0 Å². The maximum atomic E-state index is 6.12. The lowest BCUT2D eigenvalue weighted by atomic mass is 9.78. The van der Waals surface area contributed by atoms with Gasteiger partial charge in [-0.05, 0) is 37.5 Å². The summed E-state index contributed by atoms with van der Waals surface area (Å²) in [6, 6.07) is 0.0714. The Balaban J connectivity index is 2.07. The molecule has 3 atom stereocenters. The van der Waals surface area contributed by atoms with Crippen molar-refractivity contribution < 1.29 is 9.26 Å². The third-order valence-electron chi connectivity index (χ3n) is 4.43. The minimum absolute atomic E-state index is 0.0714. The number of ether oxygens (including phenoxy) is 1. The second kappa shape index (κ2) is 6.88. The zero-order valence-electron chi connectivity index (χ0n) is 13.8. The normalized spacial score (nSPS) is 28.0. The third kappa shape index (κ3) is 4.04. The maximum Gasteiger partial charge on any atom is 0.228 e. The van der Waals surface area contributed by atoms with Crippen LogP contribution in [0.3, 0.4) is 0 Å². The minimum Gasteiger partial charge on any atom is -0.370 e. The largest absolute Gasteiger partial charge is 0.370 e. The Morgan fingerprint density at radius 3 is 2.86 bits per heavy atom. The second-order valence-electron chi connectivity index (χ2n) is 7.01. The maximum absolute atomic E-state index is 6.12. The van der Waals surface area contributed by atoms with Gasteiger partial charge in [0.05, 0.1) is 0 Å². The smallest absolute Gasteiger partial charge is 0.228 e. The highest BCUT2D eigenvalue weighted by atomic mass is 16.5. The van der Waals surface area contributed by atoms with Gasteiger partial charge in [-0.1, -0.05) is 32.3 Å². The van der Waals surface area contributed by atoms with Gasteiger partial charge in [-0.2, -0.15) is 4.98 Å². The standard InChI is InChI=1S/C16H29N3O2/c1-11(2)8-13(17)9-14-18-15(19-21-14)16(20-4)7-5-6-12(3)10-16/h11-13H,5-10,17H2,1-4H3. The molecule has 120 valence electrons. The fraction of sp³-hybridized carbons (Fsp3) is 0.875. The summed E-state index contributed by atoms with van der Waals surface area (Å²) in [5.41, 5.74) is 5.75. The lowest BCUT2D eigenvalue weighted by molar-refractivity contribution is -0.0658. The zero-order chi connectivity index (χ0) is 15.5. The summed E-state index contributed by atoms with van der Waals surface area (Å²) in [4.78, 5) is 4.58. The molecule has 1 aromatic heterocycles. The molecular formula is C16H29N3O2. The summed E-state index contributed by atoms with van der Waals surface area (Å²) in [5.74, 6) is 2.53. The van der Waals surface area contributed by atoms with E-state index < -0.39 is 0 Å². The first-order valence-electron chi connectivity index (χ1n) is 8.09. The number of methoxy groups -OCH3 is 1. The molecule has 0 aliphatic heterocycles. The zero-order valence-corrected chi connectivity index (χ0v) is 13.8. The van der Waals surface area contributed by atoms with Crippen LogP contribution in [0.15, 0.2) is 4.52 Å². The molecule has 5 heteroatoms. The molecule has 5 nitrogen and oxygen atoms in total. The van der Waals surface area contributed by atoms with Crippen molar-refractivity contribution in [2.75, 3.05) is 7.11 Å². The Kier molecular flexibility index (Phi) is 5.38. The monoisotopic (exact) mass is 295 g/mol. The van der Waals surface area contributed by atoms with Gasteiger partial charge in [-0.3, -0.25) is 0 Å². The van der Waals surface area contributed by atoms with Crippen molar-refractivity contribution >= 4 is 0 Å². The van der Waals surface area contributed by atoms with Crippen LogP contribution >= 0.6 is 0 Å². The molecule has 2 N–H and O–H groups in total. The molecule has 1 heterocycles. The first kappa shape index (κ1) is 16.4. The molecule has 0 aromatic carbocycles.